The Morgan fingerprint density at radius 2 is 2.15 bits per heavy atom. The number of nitrogens with two attached hydrogens (primary N) is 1. The topological polar surface area (TPSA) is 110 Å². The summed E-state index contributed by atoms with van der Waals surface area (Å²) in [6.45, 7) is 5.16. The fraction of sp³-hybridized carbons (Fsp3) is 0.333. The molecule has 8 nitrogen and oxygen atoms in total. The van der Waals surface area contributed by atoms with Crippen LogP contribution in [0.3, 0.4) is 0 Å². The second kappa shape index (κ2) is 8.28. The van der Waals surface area contributed by atoms with Crippen LogP contribution >= 0.6 is 0 Å². The Kier molecular flexibility index (Phi) is 5.62. The molecule has 0 aromatic carbocycles. The fourth-order valence-corrected chi connectivity index (χ4v) is 2.86. The van der Waals surface area contributed by atoms with Crippen LogP contribution in [0, 0.1) is 5.41 Å². The summed E-state index contributed by atoms with van der Waals surface area (Å²) >= 11 is 0. The number of nitrogens with one attached hydrogen (secondary N) is 2. The van der Waals surface area contributed by atoms with Gasteiger partial charge in [0.1, 0.15) is 17.5 Å². The molecule has 26 heavy (non-hydrogen) atoms. The van der Waals surface area contributed by atoms with Crippen LogP contribution in [0.4, 0.5) is 11.6 Å². The maximum absolute atomic E-state index is 8.31. The number of piperazine rings is 1. The fourth-order valence-electron chi connectivity index (χ4n) is 2.86. The average molecular weight is 352 g/mol. The van der Waals surface area contributed by atoms with E-state index in [2.05, 4.69) is 25.1 Å². The van der Waals surface area contributed by atoms with Crippen LogP contribution in [0.25, 0.3) is 6.08 Å². The zero-order chi connectivity index (χ0) is 18.4. The number of hydrogen-bond acceptors (Lipinski definition) is 5. The molecule has 0 aliphatic carbocycles. The number of H-pyrrole nitrogens is 1. The minimum atomic E-state index is 0.315. The van der Waals surface area contributed by atoms with Crippen LogP contribution in [-0.4, -0.2) is 57.9 Å². The van der Waals surface area contributed by atoms with Gasteiger partial charge in [0.2, 0.25) is 0 Å². The molecule has 0 radical (unpaired) electrons. The molecule has 4 N–H and O–H groups in total. The lowest BCUT2D eigenvalue weighted by Gasteiger charge is -2.36. The maximum atomic E-state index is 8.31. The Hall–Kier alpha value is -3.16. The SMILES string of the molecule is C/C=C/c1cc(N=C(N)CC(=N)N2CCN(c3ccccn3)CC2)n[nH]1. The number of hydrogen-bond donors (Lipinski definition) is 3. The van der Waals surface area contributed by atoms with E-state index in [1.807, 2.05) is 48.2 Å². The van der Waals surface area contributed by atoms with Gasteiger partial charge in [0.25, 0.3) is 0 Å². The third-order valence-electron chi connectivity index (χ3n) is 4.17. The molecule has 0 spiro atoms. The molecule has 0 amide bonds. The second-order valence-corrected chi connectivity index (χ2v) is 6.07. The standard InChI is InChI=1S/C18H24N8/c1-2-5-14-12-17(24-23-14)22-15(19)13-16(20)25-8-10-26(11-9-25)18-6-3-4-7-21-18/h2-7,12,20H,8-11,13H2,1H3,(H3,19,22,23,24)/b5-2+,20-16?. The normalized spacial score (nSPS) is 15.7. The lowest BCUT2D eigenvalue weighted by atomic mass is 10.2. The number of aliphatic imine (C=N–C) groups is 1. The summed E-state index contributed by atoms with van der Waals surface area (Å²) in [5, 5.41) is 15.3. The highest BCUT2D eigenvalue weighted by molar-refractivity contribution is 6.01. The molecule has 1 aliphatic rings. The first-order valence-corrected chi connectivity index (χ1v) is 8.65. The van der Waals surface area contributed by atoms with Crippen LogP contribution in [0.15, 0.2) is 41.5 Å². The molecule has 136 valence electrons. The van der Waals surface area contributed by atoms with E-state index in [4.69, 9.17) is 11.1 Å². The molecule has 0 saturated carbocycles. The van der Waals surface area contributed by atoms with Gasteiger partial charge >= 0.3 is 0 Å². The Balaban J connectivity index is 1.52. The Bertz CT molecular complexity index is 785. The van der Waals surface area contributed by atoms with E-state index in [0.717, 1.165) is 37.7 Å². The van der Waals surface area contributed by atoms with E-state index in [0.29, 0.717) is 23.9 Å². The van der Waals surface area contributed by atoms with Crippen molar-refractivity contribution in [1.82, 2.24) is 20.1 Å². The number of aromatic nitrogens is 3. The molecule has 3 rings (SSSR count). The van der Waals surface area contributed by atoms with Gasteiger partial charge in [0, 0.05) is 38.4 Å². The molecule has 0 bridgehead atoms. The zero-order valence-corrected chi connectivity index (χ0v) is 14.9. The van der Waals surface area contributed by atoms with Gasteiger partial charge < -0.3 is 15.5 Å². The van der Waals surface area contributed by atoms with E-state index in [-0.39, 0.29) is 0 Å². The van der Waals surface area contributed by atoms with Crippen molar-refractivity contribution in [1.29, 1.82) is 5.41 Å². The van der Waals surface area contributed by atoms with Crippen molar-refractivity contribution in [3.8, 4) is 0 Å². The Morgan fingerprint density at radius 1 is 1.35 bits per heavy atom. The van der Waals surface area contributed by atoms with Gasteiger partial charge in [-0.25, -0.2) is 9.98 Å². The summed E-state index contributed by atoms with van der Waals surface area (Å²) in [6, 6.07) is 7.74. The number of anilines is 1. The van der Waals surface area contributed by atoms with Crippen LogP contribution in [0.5, 0.6) is 0 Å². The monoisotopic (exact) mass is 352 g/mol. The molecule has 0 atom stereocenters. The van der Waals surface area contributed by atoms with Gasteiger partial charge in [-0.05, 0) is 25.1 Å². The molecule has 0 unspecified atom stereocenters. The maximum Gasteiger partial charge on any atom is 0.175 e. The first kappa shape index (κ1) is 17.7. The van der Waals surface area contributed by atoms with Crippen LogP contribution in [0.2, 0.25) is 0 Å². The van der Waals surface area contributed by atoms with E-state index < -0.39 is 0 Å². The predicted molar refractivity (Wildman–Crippen MR) is 105 cm³/mol. The van der Waals surface area contributed by atoms with Crippen molar-refractivity contribution in [2.24, 2.45) is 10.7 Å². The third kappa shape index (κ3) is 4.47. The molecule has 1 fully saturated rings. The number of pyridine rings is 1. The molecule has 1 saturated heterocycles. The van der Waals surface area contributed by atoms with Gasteiger partial charge in [-0.3, -0.25) is 10.5 Å². The Labute approximate surface area is 152 Å². The van der Waals surface area contributed by atoms with Crippen LogP contribution in [0.1, 0.15) is 19.0 Å². The molecular weight excluding hydrogens is 328 g/mol. The Morgan fingerprint density at radius 3 is 2.85 bits per heavy atom. The summed E-state index contributed by atoms with van der Waals surface area (Å²) in [4.78, 5) is 12.9. The molecule has 1 aliphatic heterocycles. The number of nitrogens with zero attached hydrogens (tertiary/aromatic N) is 5. The van der Waals surface area contributed by atoms with E-state index in [1.54, 1.807) is 6.20 Å². The number of amidine groups is 2. The smallest absolute Gasteiger partial charge is 0.175 e. The first-order chi connectivity index (χ1) is 12.7. The quantitative estimate of drug-likeness (QED) is 0.563. The van der Waals surface area contributed by atoms with Crippen LogP contribution in [-0.2, 0) is 0 Å². The van der Waals surface area contributed by atoms with Gasteiger partial charge in [-0.2, -0.15) is 5.10 Å². The van der Waals surface area contributed by atoms with Gasteiger partial charge in [0.15, 0.2) is 5.82 Å². The first-order valence-electron chi connectivity index (χ1n) is 8.65. The number of aromatic amines is 1. The summed E-state index contributed by atoms with van der Waals surface area (Å²) in [5.41, 5.74) is 6.88. The average Bonchev–Trinajstić information content (AvgIpc) is 3.09. The van der Waals surface area contributed by atoms with Crippen molar-refractivity contribution < 1.29 is 0 Å². The van der Waals surface area contributed by atoms with Gasteiger partial charge in [-0.1, -0.05) is 12.1 Å². The van der Waals surface area contributed by atoms with Crippen molar-refractivity contribution in [3.05, 3.63) is 42.2 Å². The van der Waals surface area contributed by atoms with Crippen molar-refractivity contribution in [3.63, 3.8) is 0 Å². The van der Waals surface area contributed by atoms with E-state index in [1.165, 1.54) is 0 Å². The summed E-state index contributed by atoms with van der Waals surface area (Å²) in [5.74, 6) is 2.38. The van der Waals surface area contributed by atoms with Crippen molar-refractivity contribution in [2.75, 3.05) is 31.1 Å². The molecular formula is C18H24N8. The number of rotatable bonds is 5. The zero-order valence-electron chi connectivity index (χ0n) is 14.9. The lowest BCUT2D eigenvalue weighted by Crippen LogP contribution is -2.49. The summed E-state index contributed by atoms with van der Waals surface area (Å²) in [7, 11) is 0. The highest BCUT2D eigenvalue weighted by Crippen LogP contribution is 2.14. The second-order valence-electron chi connectivity index (χ2n) is 6.07. The molecule has 8 heteroatoms. The van der Waals surface area contributed by atoms with Gasteiger partial charge in [-0.15, -0.1) is 0 Å². The minimum absolute atomic E-state index is 0.315. The largest absolute Gasteiger partial charge is 0.387 e. The van der Waals surface area contributed by atoms with Crippen molar-refractivity contribution in [2.45, 2.75) is 13.3 Å². The molecule has 3 heterocycles. The van der Waals surface area contributed by atoms with E-state index >= 15 is 0 Å². The summed E-state index contributed by atoms with van der Waals surface area (Å²) < 4.78 is 0. The minimum Gasteiger partial charge on any atom is -0.387 e. The predicted octanol–water partition coefficient (Wildman–Crippen LogP) is 2.02. The van der Waals surface area contributed by atoms with Gasteiger partial charge in [0.05, 0.1) is 12.1 Å². The highest BCUT2D eigenvalue weighted by atomic mass is 15.3. The highest BCUT2D eigenvalue weighted by Gasteiger charge is 2.20. The van der Waals surface area contributed by atoms with Crippen molar-refractivity contribution >= 4 is 29.4 Å². The molecule has 2 aromatic heterocycles. The lowest BCUT2D eigenvalue weighted by molar-refractivity contribution is 0.378. The number of allylic oxidation sites excluding steroid dienone is 1. The molecule has 2 aromatic rings. The van der Waals surface area contributed by atoms with Crippen LogP contribution < -0.4 is 10.6 Å². The third-order valence-corrected chi connectivity index (χ3v) is 4.17. The van der Waals surface area contributed by atoms with E-state index in [9.17, 15) is 0 Å². The summed E-state index contributed by atoms with van der Waals surface area (Å²) in [6.07, 6.45) is 5.95.